The van der Waals surface area contributed by atoms with Gasteiger partial charge in [-0.3, -0.25) is 27.0 Å². The Kier molecular flexibility index (Phi) is 19.9. The molecular weight excluding hydrogens is 1240 g/mol. The van der Waals surface area contributed by atoms with Crippen LogP contribution in [0.4, 0.5) is 33.6 Å². The normalized spacial score (nSPS) is 12.8. The number of fused-ring (bicyclic) bond motifs is 2. The van der Waals surface area contributed by atoms with Gasteiger partial charge in [0.1, 0.15) is 38.1 Å². The maximum atomic E-state index is 12.8. The molecule has 0 aliphatic carbocycles. The maximum absolute atomic E-state index is 12.8. The van der Waals surface area contributed by atoms with Gasteiger partial charge in [0.25, 0.3) is 50.6 Å². The number of hydrogen-bond donors (Lipinski definition) is 7. The minimum Gasteiger partial charge on any atom is -0.772 e. The van der Waals surface area contributed by atoms with Gasteiger partial charge in [0, 0.05) is 22.6 Å². The zero-order valence-corrected chi connectivity index (χ0v) is 45.6. The number of benzene rings is 5. The first-order chi connectivity index (χ1) is 37.0. The van der Waals surface area contributed by atoms with E-state index in [-0.39, 0.29) is 73.7 Å². The van der Waals surface area contributed by atoms with Crippen LogP contribution in [-0.2, 0) is 87.6 Å². The number of phenols is 1. The van der Waals surface area contributed by atoms with Crippen molar-refractivity contribution in [1.82, 2.24) is 14.8 Å². The van der Waals surface area contributed by atoms with Crippen molar-refractivity contribution < 1.29 is 111 Å². The van der Waals surface area contributed by atoms with E-state index < -0.39 is 132 Å². The number of ether oxygens (including phenoxy) is 1. The molecule has 80 heavy (non-hydrogen) atoms. The molecule has 0 spiro atoms. The highest BCUT2D eigenvalue weighted by atomic mass is 32.2. The van der Waals surface area contributed by atoms with Gasteiger partial charge in [-0.25, -0.2) is 4.98 Å². The fourth-order valence-electron chi connectivity index (χ4n) is 6.54. The highest BCUT2D eigenvalue weighted by Crippen LogP contribution is 2.44. The highest BCUT2D eigenvalue weighted by Gasteiger charge is 2.25. The molecule has 34 nitrogen and oxygen atoms in total. The van der Waals surface area contributed by atoms with E-state index in [0.717, 1.165) is 47.9 Å². The van der Waals surface area contributed by atoms with Gasteiger partial charge >= 0.3 is 16.8 Å². The van der Waals surface area contributed by atoms with Crippen LogP contribution in [0, 0.1) is 6.92 Å². The quantitative estimate of drug-likeness (QED) is 0.0256. The van der Waals surface area contributed by atoms with Crippen molar-refractivity contribution >= 4 is 144 Å². The molecule has 1 unspecified atom stereocenters. The van der Waals surface area contributed by atoms with Crippen LogP contribution in [0.15, 0.2) is 123 Å². The van der Waals surface area contributed by atoms with Gasteiger partial charge in [-0.2, -0.15) is 61.5 Å². The van der Waals surface area contributed by atoms with Gasteiger partial charge in [0.15, 0.2) is 11.4 Å². The number of hydrogen-bond acceptors (Lipinski definition) is 29. The third kappa shape index (κ3) is 16.7. The lowest BCUT2D eigenvalue weighted by Gasteiger charge is -2.11. The number of phenolic OH excluding ortho intramolecular Hbond substituents is 1. The number of aromatic nitrogens is 3. The van der Waals surface area contributed by atoms with E-state index in [2.05, 4.69) is 40.8 Å². The molecule has 42 heteroatoms. The predicted molar refractivity (Wildman–Crippen MR) is 267 cm³/mol. The van der Waals surface area contributed by atoms with Crippen molar-refractivity contribution in [2.45, 2.75) is 38.7 Å². The Balaban J connectivity index is 0.00000159. The highest BCUT2D eigenvalue weighted by molar-refractivity contribution is 7.87. The zero-order valence-electron chi connectivity index (χ0n) is 39.0. The molecule has 2 aromatic heterocycles. The average Bonchev–Trinajstić information content (AvgIpc) is 3.92. The third-order valence-electron chi connectivity index (χ3n) is 9.70. The smallest absolute Gasteiger partial charge is 0.425 e. The molecule has 7 aromatic rings. The number of aryl methyl sites for hydroxylation is 1. The van der Waals surface area contributed by atoms with Crippen LogP contribution >= 0.6 is 11.3 Å². The Labute approximate surface area is 456 Å². The Morgan fingerprint density at radius 2 is 1.23 bits per heavy atom. The van der Waals surface area contributed by atoms with Crippen molar-refractivity contribution in [2.75, 3.05) is 12.4 Å². The second-order valence-corrected chi connectivity index (χ2v) is 24.6. The summed E-state index contributed by atoms with van der Waals surface area (Å²) in [5.41, 5.74) is -1.75. The molecule has 0 fully saturated rings. The predicted octanol–water partition coefficient (Wildman–Crippen LogP) is 5.04. The number of rotatable bonds is 18. The number of azo groups is 3. The van der Waals surface area contributed by atoms with Crippen LogP contribution in [0.3, 0.4) is 0 Å². The number of thiazole rings is 1. The van der Waals surface area contributed by atoms with E-state index in [9.17, 15) is 83.8 Å². The van der Waals surface area contributed by atoms with E-state index in [1.165, 1.54) is 18.2 Å². The summed E-state index contributed by atoms with van der Waals surface area (Å²) in [6.07, 6.45) is 0.850. The molecule has 0 aliphatic heterocycles. The molecule has 7 N–H and O–H groups in total. The minimum atomic E-state index is -5.22. The molecule has 2 heterocycles. The lowest BCUT2D eigenvalue weighted by molar-refractivity contribution is -0.191. The molecular formula is C38H30N9O25S8-. The van der Waals surface area contributed by atoms with Crippen molar-refractivity contribution in [3.63, 3.8) is 0 Å². The summed E-state index contributed by atoms with van der Waals surface area (Å²) < 4.78 is 222. The summed E-state index contributed by atoms with van der Waals surface area (Å²) >= 11 is -1.80. The summed E-state index contributed by atoms with van der Waals surface area (Å²) in [5.74, 6) is -3.00. The molecule has 0 saturated heterocycles. The first kappa shape index (κ1) is 63.2. The van der Waals surface area contributed by atoms with Crippen molar-refractivity contribution in [3.8, 4) is 23.1 Å². The van der Waals surface area contributed by atoms with Gasteiger partial charge in [0.05, 0.1) is 44.4 Å². The topological polar surface area (TPSA) is 552 Å². The van der Waals surface area contributed by atoms with Gasteiger partial charge in [0.2, 0.25) is 11.0 Å². The fraction of sp³-hybridized carbons (Fsp3) is 0.132. The van der Waals surface area contributed by atoms with Gasteiger partial charge in [-0.05, 0) is 79.1 Å². The van der Waals surface area contributed by atoms with E-state index in [1.54, 1.807) is 6.92 Å². The first-order valence-electron chi connectivity index (χ1n) is 20.4. The van der Waals surface area contributed by atoms with Crippen LogP contribution in [0.2, 0.25) is 0 Å². The van der Waals surface area contributed by atoms with Crippen LogP contribution in [0.5, 0.6) is 17.4 Å². The molecule has 0 aliphatic rings. The third-order valence-corrected chi connectivity index (χ3v) is 15.4. The van der Waals surface area contributed by atoms with Crippen LogP contribution in [-0.4, -0.2) is 130 Å². The monoisotopic (exact) mass is 1270 g/mol. The summed E-state index contributed by atoms with van der Waals surface area (Å²) in [7, 11) is -27.7. The Hall–Kier alpha value is -7.68. The van der Waals surface area contributed by atoms with E-state index >= 15 is 0 Å². The summed E-state index contributed by atoms with van der Waals surface area (Å²) in [6.45, 7) is 1.22. The Bertz CT molecular complexity index is 4430. The summed E-state index contributed by atoms with van der Waals surface area (Å²) in [5, 5.41) is 49.2. The molecule has 426 valence electrons. The molecule has 0 amide bonds. The molecule has 0 radical (unpaired) electrons. The molecule has 0 saturated carbocycles. The lowest BCUT2D eigenvalue weighted by atomic mass is 10.1. The van der Waals surface area contributed by atoms with Gasteiger partial charge < -0.3 is 19.5 Å². The van der Waals surface area contributed by atoms with Gasteiger partial charge in [-0.1, -0.05) is 28.5 Å². The van der Waals surface area contributed by atoms with Crippen LogP contribution < -0.4 is 4.74 Å². The molecule has 1 atom stereocenters. The standard InChI is InChI=1S/C37H31N9O20S7.CO2.O3S/c1-18-9-28(30(66-7-2-8-69(51,52)53)15-27(18)42-45-37-39-33-31(67-37)10-19(17-68(49)50)11-32(33)72(60,61)62)43-40-25-5-4-24-23(34(25)47)3-6-26(35(24)73(63,64)65)41-44-29-16-38-46(36(29)48)20-12-21(70(54,55)56)14-22(13-20)71(57,58)59;2-1-3;1-4(2)3/h3-6,9-16,47-48H,2,7-8,17H2,1H3,(H,49,50)(H,51,52,53)(H,54,55,56)(H,57,58,59)(H,60,61,62)(H,63,64,65);;/p-1. The second-order valence-electron chi connectivity index (χ2n) is 15.1. The van der Waals surface area contributed by atoms with E-state index in [0.29, 0.717) is 28.4 Å². The van der Waals surface area contributed by atoms with Crippen molar-refractivity contribution in [3.05, 3.63) is 84.1 Å². The molecule has 7 rings (SSSR count). The lowest BCUT2D eigenvalue weighted by Crippen LogP contribution is -2.08. The number of aromatic hydroxyl groups is 2. The number of carbonyl (C=O) groups excluding carboxylic acids is 2. The summed E-state index contributed by atoms with van der Waals surface area (Å²) in [4.78, 5) is 16.8. The average molecular weight is 1270 g/mol. The van der Waals surface area contributed by atoms with E-state index in [4.69, 9.17) is 27.0 Å². The van der Waals surface area contributed by atoms with Crippen LogP contribution in [0.25, 0.3) is 26.7 Å². The largest absolute Gasteiger partial charge is 0.772 e. The van der Waals surface area contributed by atoms with Crippen molar-refractivity contribution in [2.24, 2.45) is 30.7 Å². The number of nitrogens with zero attached hydrogens (tertiary/aromatic N) is 9. The van der Waals surface area contributed by atoms with Crippen LogP contribution in [0.1, 0.15) is 17.5 Å². The Morgan fingerprint density at radius 1 is 0.675 bits per heavy atom. The fourth-order valence-corrected chi connectivity index (χ4v) is 11.1. The van der Waals surface area contributed by atoms with Gasteiger partial charge in [-0.15, -0.1) is 43.3 Å². The maximum Gasteiger partial charge on any atom is 0.425 e. The zero-order chi connectivity index (χ0) is 59.9. The van der Waals surface area contributed by atoms with Crippen molar-refractivity contribution in [1.29, 1.82) is 0 Å². The van der Waals surface area contributed by atoms with E-state index in [1.807, 2.05) is 0 Å². The molecule has 0 bridgehead atoms. The first-order valence-corrected chi connectivity index (χ1v) is 30.8. The minimum absolute atomic E-state index is 0.0380. The molecule has 5 aromatic carbocycles. The second kappa shape index (κ2) is 25.2. The SMILES string of the molecule is Cc1cc(N=Nc2ccc3c(S(=O)(=O)O)c(N=Nc4cnn(-c5cc(S(=O)(=O)O)cc(S(=O)(=O)O)c5)c4O)ccc3c2O)c(OCCCS(=O)(=O)O)cc1N=Nc1nc2c(S(=O)(=O)O)cc(CS(=O)[O-])cc2s1.O=C=O.O=S(=O)=O. The summed E-state index contributed by atoms with van der Waals surface area (Å²) in [6, 6.07) is 11.1. The Morgan fingerprint density at radius 3 is 1.79 bits per heavy atom.